The normalized spacial score (nSPS) is 13.6. The molecule has 0 amide bonds. The number of rotatable bonds is 4. The summed E-state index contributed by atoms with van der Waals surface area (Å²) in [6, 6.07) is 27.2. The van der Waals surface area contributed by atoms with Crippen LogP contribution in [0.2, 0.25) is 0 Å². The van der Waals surface area contributed by atoms with Crippen molar-refractivity contribution in [1.82, 2.24) is 9.29 Å². The number of pyridine rings is 1. The molecule has 202 valence electrons. The molecule has 0 bridgehead atoms. The minimum Gasteiger partial charge on any atom is -0.256 e. The lowest BCUT2D eigenvalue weighted by Crippen LogP contribution is -2.25. The molecular formula is C34H24F2N2O2S. The number of halogens is 2. The Kier molecular flexibility index (Phi) is 5.96. The highest BCUT2D eigenvalue weighted by atomic mass is 32.2. The van der Waals surface area contributed by atoms with Crippen molar-refractivity contribution in [3.05, 3.63) is 132 Å². The van der Waals surface area contributed by atoms with E-state index in [1.54, 1.807) is 54.7 Å². The van der Waals surface area contributed by atoms with Crippen LogP contribution in [0.5, 0.6) is 0 Å². The zero-order chi connectivity index (χ0) is 28.3. The van der Waals surface area contributed by atoms with Gasteiger partial charge in [-0.25, -0.2) is 17.2 Å². The first kappa shape index (κ1) is 25.5. The minimum absolute atomic E-state index is 0.134. The second-order valence-electron chi connectivity index (χ2n) is 10.4. The van der Waals surface area contributed by atoms with Gasteiger partial charge >= 0.3 is 0 Å². The quantitative estimate of drug-likeness (QED) is 0.205. The van der Waals surface area contributed by atoms with Gasteiger partial charge in [-0.15, -0.1) is 0 Å². The first-order valence-corrected chi connectivity index (χ1v) is 14.7. The van der Waals surface area contributed by atoms with E-state index in [1.165, 1.54) is 28.6 Å². The summed E-state index contributed by atoms with van der Waals surface area (Å²) in [5.41, 5.74) is 6.65. The molecule has 0 fully saturated rings. The third kappa shape index (κ3) is 4.20. The molecule has 1 aromatic heterocycles. The van der Waals surface area contributed by atoms with Crippen molar-refractivity contribution >= 4 is 31.7 Å². The summed E-state index contributed by atoms with van der Waals surface area (Å²) in [7, 11) is -3.84. The van der Waals surface area contributed by atoms with E-state index in [0.717, 1.165) is 60.6 Å². The van der Waals surface area contributed by atoms with Gasteiger partial charge in [0.05, 0.1) is 10.4 Å². The zero-order valence-corrected chi connectivity index (χ0v) is 22.9. The molecule has 7 rings (SSSR count). The first-order valence-electron chi connectivity index (χ1n) is 13.2. The standard InChI is InChI=1S/C34H24F2N2O2S/c1-21-6-16-26(17-7-21)41(39,40)38-19-29-30(20-38)33(23-10-14-25(36)15-11-23)34-27-4-2-3-5-31(27)37-18-28(34)32(29)22-8-12-24(35)13-9-22/h2-18H,19-20H2,1H3. The summed E-state index contributed by atoms with van der Waals surface area (Å²) in [6.07, 6.45) is 1.81. The average Bonchev–Trinajstić information content (AvgIpc) is 3.43. The molecule has 7 heteroatoms. The van der Waals surface area contributed by atoms with Gasteiger partial charge in [-0.05, 0) is 82.8 Å². The fourth-order valence-corrected chi connectivity index (χ4v) is 7.26. The van der Waals surface area contributed by atoms with Crippen LogP contribution in [0, 0.1) is 18.6 Å². The zero-order valence-electron chi connectivity index (χ0n) is 22.1. The lowest BCUT2D eigenvalue weighted by atomic mass is 9.84. The van der Waals surface area contributed by atoms with Crippen molar-refractivity contribution in [2.24, 2.45) is 0 Å². The molecule has 0 spiro atoms. The third-order valence-corrected chi connectivity index (χ3v) is 9.66. The van der Waals surface area contributed by atoms with Gasteiger partial charge in [0.1, 0.15) is 11.6 Å². The van der Waals surface area contributed by atoms with Crippen molar-refractivity contribution in [3.63, 3.8) is 0 Å². The average molecular weight is 563 g/mol. The molecule has 0 saturated heterocycles. The maximum absolute atomic E-state index is 14.1. The van der Waals surface area contributed by atoms with Crippen molar-refractivity contribution in [3.8, 4) is 22.3 Å². The maximum Gasteiger partial charge on any atom is 0.243 e. The topological polar surface area (TPSA) is 50.3 Å². The summed E-state index contributed by atoms with van der Waals surface area (Å²) >= 11 is 0. The molecule has 1 aliphatic rings. The molecule has 0 atom stereocenters. The number of benzene rings is 5. The summed E-state index contributed by atoms with van der Waals surface area (Å²) < 4.78 is 57.4. The van der Waals surface area contributed by atoms with E-state index in [-0.39, 0.29) is 29.6 Å². The van der Waals surface area contributed by atoms with E-state index >= 15 is 0 Å². The Morgan fingerprint density at radius 3 is 1.88 bits per heavy atom. The molecule has 0 unspecified atom stereocenters. The summed E-state index contributed by atoms with van der Waals surface area (Å²) in [5.74, 6) is -0.711. The Morgan fingerprint density at radius 2 is 1.24 bits per heavy atom. The van der Waals surface area contributed by atoms with Gasteiger partial charge in [-0.2, -0.15) is 4.31 Å². The van der Waals surface area contributed by atoms with Crippen molar-refractivity contribution in [2.45, 2.75) is 24.9 Å². The van der Waals surface area contributed by atoms with E-state index in [1.807, 2.05) is 31.2 Å². The second-order valence-corrected chi connectivity index (χ2v) is 12.3. The molecule has 0 saturated carbocycles. The van der Waals surface area contributed by atoms with E-state index in [2.05, 4.69) is 0 Å². The van der Waals surface area contributed by atoms with Crippen LogP contribution >= 0.6 is 0 Å². The third-order valence-electron chi connectivity index (χ3n) is 7.86. The number of sulfonamides is 1. The van der Waals surface area contributed by atoms with Gasteiger partial charge in [-0.1, -0.05) is 60.2 Å². The Morgan fingerprint density at radius 1 is 0.683 bits per heavy atom. The lowest BCUT2D eigenvalue weighted by Gasteiger charge is -2.20. The Bertz CT molecular complexity index is 2070. The number of nitrogens with zero attached hydrogens (tertiary/aromatic N) is 2. The van der Waals surface area contributed by atoms with Crippen molar-refractivity contribution in [2.75, 3.05) is 0 Å². The fourth-order valence-electron chi connectivity index (χ4n) is 5.88. The van der Waals surface area contributed by atoms with Crippen LogP contribution in [0.15, 0.2) is 108 Å². The van der Waals surface area contributed by atoms with Crippen molar-refractivity contribution < 1.29 is 17.2 Å². The molecule has 0 N–H and O–H groups in total. The van der Waals surface area contributed by atoms with Gasteiger partial charge in [-0.3, -0.25) is 4.98 Å². The van der Waals surface area contributed by atoms with E-state index in [4.69, 9.17) is 4.98 Å². The SMILES string of the molecule is Cc1ccc(S(=O)(=O)N2Cc3c(c(-c4ccc(F)cc4)c4c(cnc5ccccc54)c3-c3ccc(F)cc3)C2)cc1. The second kappa shape index (κ2) is 9.58. The summed E-state index contributed by atoms with van der Waals surface area (Å²) in [6.45, 7) is 2.18. The minimum atomic E-state index is -3.84. The highest BCUT2D eigenvalue weighted by Gasteiger charge is 2.36. The summed E-state index contributed by atoms with van der Waals surface area (Å²) in [5, 5.41) is 2.62. The molecule has 41 heavy (non-hydrogen) atoms. The van der Waals surface area contributed by atoms with E-state index in [9.17, 15) is 17.2 Å². The molecule has 2 heterocycles. The first-order chi connectivity index (χ1) is 19.8. The van der Waals surface area contributed by atoms with Gasteiger partial charge in [0.2, 0.25) is 10.0 Å². The Labute approximate surface area is 236 Å². The molecule has 5 aromatic carbocycles. The van der Waals surface area contributed by atoms with Crippen LogP contribution in [0.25, 0.3) is 43.9 Å². The monoisotopic (exact) mass is 562 g/mol. The number of fused-ring (bicyclic) bond motifs is 4. The number of aromatic nitrogens is 1. The van der Waals surface area contributed by atoms with E-state index < -0.39 is 10.0 Å². The Balaban J connectivity index is 1.58. The van der Waals surface area contributed by atoms with Crippen LogP contribution in [0.4, 0.5) is 8.78 Å². The molecular weight excluding hydrogens is 538 g/mol. The van der Waals surface area contributed by atoms with Gasteiger partial charge in [0.15, 0.2) is 0 Å². The predicted octanol–water partition coefficient (Wildman–Crippen LogP) is 8.01. The lowest BCUT2D eigenvalue weighted by molar-refractivity contribution is 0.432. The Hall–Kier alpha value is -4.46. The molecule has 0 aliphatic carbocycles. The van der Waals surface area contributed by atoms with E-state index in [0.29, 0.717) is 0 Å². The molecule has 4 nitrogen and oxygen atoms in total. The largest absolute Gasteiger partial charge is 0.256 e. The summed E-state index contributed by atoms with van der Waals surface area (Å²) in [4.78, 5) is 4.97. The molecule has 1 aliphatic heterocycles. The molecule has 0 radical (unpaired) electrons. The highest BCUT2D eigenvalue weighted by molar-refractivity contribution is 7.89. The number of aryl methyl sites for hydroxylation is 1. The van der Waals surface area contributed by atoms with Crippen molar-refractivity contribution in [1.29, 1.82) is 0 Å². The number of para-hydroxylation sites is 1. The van der Waals surface area contributed by atoms with Crippen LogP contribution < -0.4 is 0 Å². The van der Waals surface area contributed by atoms with Crippen LogP contribution in [0.1, 0.15) is 16.7 Å². The van der Waals surface area contributed by atoms with Gasteiger partial charge in [0, 0.05) is 35.4 Å². The highest BCUT2D eigenvalue weighted by Crippen LogP contribution is 2.48. The van der Waals surface area contributed by atoms with Gasteiger partial charge in [0.25, 0.3) is 0 Å². The van der Waals surface area contributed by atoms with Crippen LogP contribution in [0.3, 0.4) is 0 Å². The number of hydrogen-bond acceptors (Lipinski definition) is 3. The van der Waals surface area contributed by atoms with Gasteiger partial charge < -0.3 is 0 Å². The predicted molar refractivity (Wildman–Crippen MR) is 158 cm³/mol. The number of hydrogen-bond donors (Lipinski definition) is 0. The maximum atomic E-state index is 14.1. The van der Waals surface area contributed by atoms with Crippen LogP contribution in [-0.4, -0.2) is 17.7 Å². The fraction of sp³-hybridized carbons (Fsp3) is 0.0882. The smallest absolute Gasteiger partial charge is 0.243 e. The van der Waals surface area contributed by atoms with Crippen LogP contribution in [-0.2, 0) is 23.1 Å². The molecule has 6 aromatic rings.